The monoisotopic (exact) mass is 239 g/mol. The Labute approximate surface area is 99.3 Å². The van der Waals surface area contributed by atoms with Crippen molar-refractivity contribution in [2.45, 2.75) is 33.4 Å². The number of carbonyl (C=O) groups is 1. The van der Waals surface area contributed by atoms with E-state index in [1.807, 2.05) is 6.92 Å². The van der Waals surface area contributed by atoms with E-state index < -0.39 is 12.0 Å². The molecule has 0 saturated heterocycles. The Morgan fingerprint density at radius 1 is 1.59 bits per heavy atom. The molecular formula is C11H17N3O3. The van der Waals surface area contributed by atoms with E-state index in [2.05, 4.69) is 10.3 Å². The number of nitrogens with one attached hydrogen (secondary N) is 1. The van der Waals surface area contributed by atoms with Crippen LogP contribution in [-0.4, -0.2) is 26.7 Å². The minimum Gasteiger partial charge on any atom is -0.480 e. The summed E-state index contributed by atoms with van der Waals surface area (Å²) < 4.78 is 1.47. The van der Waals surface area contributed by atoms with Crippen molar-refractivity contribution in [3.8, 4) is 0 Å². The first-order valence-corrected chi connectivity index (χ1v) is 5.52. The van der Waals surface area contributed by atoms with Crippen LogP contribution in [0.1, 0.15) is 20.8 Å². The third-order valence-corrected chi connectivity index (χ3v) is 2.48. The second kappa shape index (κ2) is 5.47. The van der Waals surface area contributed by atoms with Crippen LogP contribution >= 0.6 is 0 Å². The van der Waals surface area contributed by atoms with Crippen LogP contribution in [0.2, 0.25) is 0 Å². The van der Waals surface area contributed by atoms with Crippen molar-refractivity contribution in [3.05, 3.63) is 22.7 Å². The maximum atomic E-state index is 11.8. The molecule has 1 aromatic rings. The molecule has 6 heteroatoms. The minimum atomic E-state index is -0.992. The smallest absolute Gasteiger partial charge is 0.326 e. The topological polar surface area (TPSA) is 84.2 Å². The number of anilines is 1. The van der Waals surface area contributed by atoms with E-state index >= 15 is 0 Å². The Morgan fingerprint density at radius 2 is 2.24 bits per heavy atom. The van der Waals surface area contributed by atoms with E-state index in [0.717, 1.165) is 0 Å². The molecule has 2 N–H and O–H groups in total. The molecule has 0 radical (unpaired) electrons. The molecule has 0 fully saturated rings. The Morgan fingerprint density at radius 3 is 2.71 bits per heavy atom. The van der Waals surface area contributed by atoms with Crippen molar-refractivity contribution >= 4 is 11.8 Å². The molecule has 17 heavy (non-hydrogen) atoms. The van der Waals surface area contributed by atoms with Crippen LogP contribution in [-0.2, 0) is 11.3 Å². The van der Waals surface area contributed by atoms with Gasteiger partial charge in [-0.25, -0.2) is 9.78 Å². The third-order valence-electron chi connectivity index (χ3n) is 2.48. The quantitative estimate of drug-likeness (QED) is 0.793. The molecule has 1 aromatic heterocycles. The van der Waals surface area contributed by atoms with Crippen molar-refractivity contribution in [2.24, 2.45) is 5.92 Å². The number of hydrogen-bond donors (Lipinski definition) is 2. The first-order valence-electron chi connectivity index (χ1n) is 5.52. The molecule has 0 spiro atoms. The van der Waals surface area contributed by atoms with Crippen molar-refractivity contribution < 1.29 is 9.90 Å². The van der Waals surface area contributed by atoms with Gasteiger partial charge >= 0.3 is 5.97 Å². The number of nitrogens with zero attached hydrogens (tertiary/aromatic N) is 2. The molecule has 0 aliphatic rings. The molecule has 1 rings (SSSR count). The number of rotatable bonds is 5. The summed E-state index contributed by atoms with van der Waals surface area (Å²) >= 11 is 0. The van der Waals surface area contributed by atoms with Gasteiger partial charge in [-0.2, -0.15) is 0 Å². The van der Waals surface area contributed by atoms with Crippen LogP contribution in [0.3, 0.4) is 0 Å². The van der Waals surface area contributed by atoms with Gasteiger partial charge in [0.05, 0.1) is 0 Å². The second-order valence-corrected chi connectivity index (χ2v) is 4.07. The molecule has 1 atom stereocenters. The fraction of sp³-hybridized carbons (Fsp3) is 0.545. The predicted octanol–water partition coefficient (Wildman–Crippen LogP) is 0.784. The largest absolute Gasteiger partial charge is 0.480 e. The fourth-order valence-corrected chi connectivity index (χ4v) is 1.46. The van der Waals surface area contributed by atoms with Crippen LogP contribution in [0.25, 0.3) is 0 Å². The summed E-state index contributed by atoms with van der Waals surface area (Å²) in [4.78, 5) is 26.7. The van der Waals surface area contributed by atoms with Crippen LogP contribution in [0, 0.1) is 5.92 Å². The molecular weight excluding hydrogens is 222 g/mol. The van der Waals surface area contributed by atoms with Gasteiger partial charge in [-0.05, 0) is 12.8 Å². The van der Waals surface area contributed by atoms with Gasteiger partial charge in [-0.3, -0.25) is 4.79 Å². The van der Waals surface area contributed by atoms with Crippen molar-refractivity contribution in [2.75, 3.05) is 5.32 Å². The average molecular weight is 239 g/mol. The summed E-state index contributed by atoms with van der Waals surface area (Å²) in [5.74, 6) is -1.05. The van der Waals surface area contributed by atoms with Crippen molar-refractivity contribution in [1.29, 1.82) is 0 Å². The SMILES string of the molecule is CCn1ccnc(NC(C(=O)O)C(C)C)c1=O. The number of carboxylic acid groups (broad SMARTS) is 1. The molecule has 0 bridgehead atoms. The van der Waals surface area contributed by atoms with Gasteiger partial charge in [-0.15, -0.1) is 0 Å². The highest BCUT2D eigenvalue weighted by Crippen LogP contribution is 2.07. The first-order chi connectivity index (χ1) is 7.97. The van der Waals surface area contributed by atoms with Crippen molar-refractivity contribution in [3.63, 3.8) is 0 Å². The maximum absolute atomic E-state index is 11.8. The molecule has 0 aliphatic heterocycles. The standard InChI is InChI=1S/C11H17N3O3/c1-4-14-6-5-12-9(10(14)15)13-8(7(2)3)11(16)17/h5-8H,4H2,1-3H3,(H,12,13)(H,16,17). The first kappa shape index (κ1) is 13.2. The number of hydrogen-bond acceptors (Lipinski definition) is 4. The van der Waals surface area contributed by atoms with Crippen LogP contribution in [0.15, 0.2) is 17.2 Å². The van der Waals surface area contributed by atoms with E-state index in [-0.39, 0.29) is 17.3 Å². The Balaban J connectivity index is 3.02. The zero-order valence-corrected chi connectivity index (χ0v) is 10.2. The van der Waals surface area contributed by atoms with E-state index in [0.29, 0.717) is 6.54 Å². The predicted molar refractivity (Wildman–Crippen MR) is 64.1 cm³/mol. The molecule has 0 amide bonds. The van der Waals surface area contributed by atoms with Gasteiger partial charge in [0.2, 0.25) is 0 Å². The highest BCUT2D eigenvalue weighted by atomic mass is 16.4. The van der Waals surface area contributed by atoms with Crippen LogP contribution < -0.4 is 10.9 Å². The number of aliphatic carboxylic acids is 1. The van der Waals surface area contributed by atoms with Gasteiger partial charge in [0.15, 0.2) is 5.82 Å². The maximum Gasteiger partial charge on any atom is 0.326 e. The molecule has 6 nitrogen and oxygen atoms in total. The summed E-state index contributed by atoms with van der Waals surface area (Å²) in [6.45, 7) is 5.90. The summed E-state index contributed by atoms with van der Waals surface area (Å²) in [5, 5.41) is 11.7. The lowest BCUT2D eigenvalue weighted by Gasteiger charge is -2.18. The Bertz CT molecular complexity index is 454. The lowest BCUT2D eigenvalue weighted by molar-refractivity contribution is -0.138. The molecule has 0 aromatic carbocycles. The third kappa shape index (κ3) is 3.05. The number of carboxylic acids is 1. The molecule has 1 heterocycles. The fourth-order valence-electron chi connectivity index (χ4n) is 1.46. The normalized spacial score (nSPS) is 12.5. The van der Waals surface area contributed by atoms with Gasteiger partial charge in [0, 0.05) is 18.9 Å². The van der Waals surface area contributed by atoms with Crippen molar-refractivity contribution in [1.82, 2.24) is 9.55 Å². The van der Waals surface area contributed by atoms with Gasteiger partial charge < -0.3 is 15.0 Å². The van der Waals surface area contributed by atoms with E-state index in [1.165, 1.54) is 10.8 Å². The highest BCUT2D eigenvalue weighted by Gasteiger charge is 2.22. The Hall–Kier alpha value is -1.85. The summed E-state index contributed by atoms with van der Waals surface area (Å²) in [6.07, 6.45) is 3.05. The molecule has 0 aliphatic carbocycles. The van der Waals surface area contributed by atoms with Crippen LogP contribution in [0.5, 0.6) is 0 Å². The zero-order valence-electron chi connectivity index (χ0n) is 10.2. The Kier molecular flexibility index (Phi) is 4.25. The molecule has 1 unspecified atom stereocenters. The van der Waals surface area contributed by atoms with Gasteiger partial charge in [0.25, 0.3) is 5.56 Å². The van der Waals surface area contributed by atoms with E-state index in [1.54, 1.807) is 20.0 Å². The summed E-state index contributed by atoms with van der Waals surface area (Å²) in [5.41, 5.74) is -0.304. The minimum absolute atomic E-state index is 0.0791. The van der Waals surface area contributed by atoms with Crippen LogP contribution in [0.4, 0.5) is 5.82 Å². The molecule has 0 saturated carbocycles. The molecule has 94 valence electrons. The summed E-state index contributed by atoms with van der Waals surface area (Å²) in [7, 11) is 0. The lowest BCUT2D eigenvalue weighted by atomic mass is 10.1. The number of aryl methyl sites for hydroxylation is 1. The van der Waals surface area contributed by atoms with Gasteiger partial charge in [0.1, 0.15) is 6.04 Å². The second-order valence-electron chi connectivity index (χ2n) is 4.07. The zero-order chi connectivity index (χ0) is 13.0. The van der Waals surface area contributed by atoms with E-state index in [9.17, 15) is 9.59 Å². The lowest BCUT2D eigenvalue weighted by Crippen LogP contribution is -2.37. The van der Waals surface area contributed by atoms with Gasteiger partial charge in [-0.1, -0.05) is 13.8 Å². The van der Waals surface area contributed by atoms with E-state index in [4.69, 9.17) is 5.11 Å². The average Bonchev–Trinajstić information content (AvgIpc) is 2.26. The highest BCUT2D eigenvalue weighted by molar-refractivity contribution is 5.77. The summed E-state index contributed by atoms with van der Waals surface area (Å²) in [6, 6.07) is -0.817. The number of aromatic nitrogens is 2.